The second-order valence-corrected chi connectivity index (χ2v) is 0.346. The van der Waals surface area contributed by atoms with Crippen molar-refractivity contribution >= 4 is 44.8 Å². The highest BCUT2D eigenvalue weighted by Gasteiger charge is 1.92. The monoisotopic (exact) mass is 224 g/mol. The molecule has 0 aliphatic rings. The molecule has 0 aromatic carbocycles. The van der Waals surface area contributed by atoms with E-state index < -0.39 is 7.32 Å². The molecule has 3 nitrogen and oxygen atoms in total. The van der Waals surface area contributed by atoms with Gasteiger partial charge in [0.2, 0.25) is 0 Å². The van der Waals surface area contributed by atoms with Crippen LogP contribution in [0.1, 0.15) is 0 Å². The molecule has 0 aromatic rings. The smallest absolute Gasteiger partial charge is 0.402 e. The Labute approximate surface area is 60.0 Å². The van der Waals surface area contributed by atoms with E-state index in [2.05, 4.69) is 0 Å². The fourth-order valence-electron chi connectivity index (χ4n) is 0. The third kappa shape index (κ3) is 77.5. The lowest BCUT2D eigenvalue weighted by Crippen LogP contribution is -2.07. The van der Waals surface area contributed by atoms with Crippen molar-refractivity contribution in [2.45, 2.75) is 0 Å². The molecule has 0 amide bonds. The molecule has 6 heteroatoms. The van der Waals surface area contributed by atoms with Gasteiger partial charge in [0.1, 0.15) is 0 Å². The van der Waals surface area contributed by atoms with Crippen LogP contribution in [0.5, 0.6) is 0 Å². The maximum absolute atomic E-state index is 7.17. The van der Waals surface area contributed by atoms with E-state index in [4.69, 9.17) is 15.1 Å². The highest BCUT2D eigenvalue weighted by Crippen LogP contribution is 1.40. The highest BCUT2D eigenvalue weighted by atomic mass is 127. The molecule has 0 unspecified atom stereocenters. The van der Waals surface area contributed by atoms with Gasteiger partial charge in [0.05, 0.1) is 0 Å². The molecule has 0 fully saturated rings. The van der Waals surface area contributed by atoms with Crippen LogP contribution in [0.3, 0.4) is 0 Å². The summed E-state index contributed by atoms with van der Waals surface area (Å²) in [6.45, 7) is 0. The SMILES string of the molecule is I.OB(O)O.S. The zero-order valence-corrected chi connectivity index (χ0v) is 6.16. The summed E-state index contributed by atoms with van der Waals surface area (Å²) < 4.78 is 0. The van der Waals surface area contributed by atoms with E-state index in [9.17, 15) is 0 Å². The van der Waals surface area contributed by atoms with Crippen LogP contribution in [-0.2, 0) is 0 Å². The van der Waals surface area contributed by atoms with Crippen LogP contribution in [0.25, 0.3) is 0 Å². The fraction of sp³-hybridized carbons (Fsp3) is 0. The molecule has 0 aliphatic heterocycles. The molecule has 0 spiro atoms. The maximum atomic E-state index is 7.17. The van der Waals surface area contributed by atoms with Crippen LogP contribution < -0.4 is 0 Å². The first-order chi connectivity index (χ1) is 1.73. The van der Waals surface area contributed by atoms with Gasteiger partial charge >= 0.3 is 7.32 Å². The van der Waals surface area contributed by atoms with Crippen molar-refractivity contribution in [3.05, 3.63) is 0 Å². The first-order valence-corrected chi connectivity index (χ1v) is 0.775. The Hall–Kier alpha value is 1.02. The Bertz CT molecular complexity index is 15.5. The Morgan fingerprint density at radius 2 is 1.00 bits per heavy atom. The van der Waals surface area contributed by atoms with E-state index in [0.717, 1.165) is 0 Å². The van der Waals surface area contributed by atoms with Gasteiger partial charge in [-0.05, 0) is 0 Å². The predicted molar refractivity (Wildman–Crippen MR) is 38.2 cm³/mol. The second kappa shape index (κ2) is 9.39. The first kappa shape index (κ1) is 15.7. The summed E-state index contributed by atoms with van der Waals surface area (Å²) in [6.07, 6.45) is 0. The normalized spacial score (nSPS) is 4.50. The summed E-state index contributed by atoms with van der Waals surface area (Å²) >= 11 is 0. The minimum Gasteiger partial charge on any atom is -0.402 e. The van der Waals surface area contributed by atoms with E-state index in [1.165, 1.54) is 0 Å². The molecule has 40 valence electrons. The summed E-state index contributed by atoms with van der Waals surface area (Å²) in [5.41, 5.74) is 0. The van der Waals surface area contributed by atoms with Gasteiger partial charge in [-0.15, -0.1) is 24.0 Å². The lowest BCUT2D eigenvalue weighted by atomic mass is 10.3. The first-order valence-electron chi connectivity index (χ1n) is 0.775. The molecular formula is H6BIO3S. The van der Waals surface area contributed by atoms with Crippen LogP contribution >= 0.6 is 37.5 Å². The molecule has 0 saturated carbocycles. The van der Waals surface area contributed by atoms with E-state index in [-0.39, 0.29) is 37.5 Å². The number of halogens is 1. The molecule has 0 bridgehead atoms. The lowest BCUT2D eigenvalue weighted by molar-refractivity contribution is 0.278. The van der Waals surface area contributed by atoms with Crippen molar-refractivity contribution in [3.8, 4) is 0 Å². The zero-order chi connectivity index (χ0) is 3.58. The predicted octanol–water partition coefficient (Wildman–Crippen LogP) is -1.32. The van der Waals surface area contributed by atoms with Gasteiger partial charge in [0, 0.05) is 0 Å². The van der Waals surface area contributed by atoms with E-state index >= 15 is 0 Å². The number of hydrogen-bond donors (Lipinski definition) is 3. The molecule has 0 atom stereocenters. The van der Waals surface area contributed by atoms with E-state index in [1.807, 2.05) is 0 Å². The van der Waals surface area contributed by atoms with Crippen LogP contribution in [0.15, 0.2) is 0 Å². The van der Waals surface area contributed by atoms with Gasteiger partial charge in [-0.25, -0.2) is 0 Å². The molecule has 0 aromatic heterocycles. The van der Waals surface area contributed by atoms with Crippen LogP contribution in [0.4, 0.5) is 0 Å². The van der Waals surface area contributed by atoms with E-state index in [0.29, 0.717) is 0 Å². The summed E-state index contributed by atoms with van der Waals surface area (Å²) in [5.74, 6) is 0. The molecular weight excluding hydrogens is 218 g/mol. The van der Waals surface area contributed by atoms with Crippen molar-refractivity contribution in [2.75, 3.05) is 0 Å². The number of hydrogen-bond acceptors (Lipinski definition) is 3. The Kier molecular flexibility index (Phi) is 24.6. The summed E-state index contributed by atoms with van der Waals surface area (Å²) in [4.78, 5) is 0. The van der Waals surface area contributed by atoms with Crippen molar-refractivity contribution in [1.29, 1.82) is 0 Å². The topological polar surface area (TPSA) is 60.7 Å². The van der Waals surface area contributed by atoms with Gasteiger partial charge in [-0.3, -0.25) is 0 Å². The third-order valence-corrected chi connectivity index (χ3v) is 0. The van der Waals surface area contributed by atoms with E-state index in [1.54, 1.807) is 0 Å². The standard InChI is InChI=1S/BH3O3.HI.H2S/c2-1(3)4;;/h2-4H;1H;1H2. The quantitative estimate of drug-likeness (QED) is 0.353. The highest BCUT2D eigenvalue weighted by molar-refractivity contribution is 14.0. The van der Waals surface area contributed by atoms with Gasteiger partial charge in [-0.1, -0.05) is 0 Å². The fourth-order valence-corrected chi connectivity index (χ4v) is 0. The minimum atomic E-state index is -2.17. The summed E-state index contributed by atoms with van der Waals surface area (Å²) in [5, 5.41) is 21.5. The Morgan fingerprint density at radius 1 is 1.00 bits per heavy atom. The minimum absolute atomic E-state index is 0. The largest absolute Gasteiger partial charge is 0.631 e. The Balaban J connectivity index is -0.0000000450. The van der Waals surface area contributed by atoms with Gasteiger partial charge in [0.15, 0.2) is 0 Å². The van der Waals surface area contributed by atoms with Gasteiger partial charge in [-0.2, -0.15) is 13.5 Å². The van der Waals surface area contributed by atoms with Gasteiger partial charge in [0.25, 0.3) is 0 Å². The molecule has 6 heavy (non-hydrogen) atoms. The summed E-state index contributed by atoms with van der Waals surface area (Å²) in [7, 11) is -2.17. The summed E-state index contributed by atoms with van der Waals surface area (Å²) in [6, 6.07) is 0. The zero-order valence-electron chi connectivity index (χ0n) is 2.83. The average molecular weight is 224 g/mol. The molecule has 0 radical (unpaired) electrons. The van der Waals surface area contributed by atoms with Crippen molar-refractivity contribution in [2.24, 2.45) is 0 Å². The van der Waals surface area contributed by atoms with Crippen molar-refractivity contribution in [1.82, 2.24) is 0 Å². The van der Waals surface area contributed by atoms with Crippen molar-refractivity contribution < 1.29 is 15.1 Å². The number of rotatable bonds is 0. The lowest BCUT2D eigenvalue weighted by Gasteiger charge is -1.69. The van der Waals surface area contributed by atoms with Crippen molar-refractivity contribution in [3.63, 3.8) is 0 Å². The third-order valence-electron chi connectivity index (χ3n) is 0. The molecule has 0 aliphatic carbocycles. The van der Waals surface area contributed by atoms with Crippen LogP contribution in [-0.4, -0.2) is 22.4 Å². The maximum Gasteiger partial charge on any atom is 0.631 e. The second-order valence-electron chi connectivity index (χ2n) is 0.346. The van der Waals surface area contributed by atoms with Crippen LogP contribution in [0, 0.1) is 0 Å². The van der Waals surface area contributed by atoms with Gasteiger partial charge < -0.3 is 15.1 Å². The molecule has 0 heterocycles. The molecule has 0 saturated heterocycles. The Morgan fingerprint density at radius 3 is 1.00 bits per heavy atom. The van der Waals surface area contributed by atoms with Crippen LogP contribution in [0.2, 0.25) is 0 Å². The average Bonchev–Trinajstić information content (AvgIpc) is 0.811. The molecule has 3 N–H and O–H groups in total. The molecule has 0 rings (SSSR count).